The van der Waals surface area contributed by atoms with Gasteiger partial charge in [-0.25, -0.2) is 0 Å². The van der Waals surface area contributed by atoms with E-state index >= 15 is 0 Å². The lowest BCUT2D eigenvalue weighted by Gasteiger charge is -2.23. The Morgan fingerprint density at radius 1 is 1.04 bits per heavy atom. The number of nitrogens with zero attached hydrogens (tertiary/aromatic N) is 1. The van der Waals surface area contributed by atoms with E-state index in [0.717, 1.165) is 23.4 Å². The van der Waals surface area contributed by atoms with E-state index in [0.29, 0.717) is 12.5 Å². The van der Waals surface area contributed by atoms with Crippen molar-refractivity contribution in [1.29, 1.82) is 0 Å². The van der Waals surface area contributed by atoms with Gasteiger partial charge in [0.05, 0.1) is 0 Å². The van der Waals surface area contributed by atoms with E-state index in [-0.39, 0.29) is 12.5 Å². The number of benzene rings is 2. The molecule has 0 saturated heterocycles. The zero-order chi connectivity index (χ0) is 16.7. The van der Waals surface area contributed by atoms with Gasteiger partial charge in [-0.2, -0.15) is 0 Å². The molecule has 122 valence electrons. The molecule has 3 nitrogen and oxygen atoms in total. The molecule has 0 aliphatic carbocycles. The predicted molar refractivity (Wildman–Crippen MR) is 94.5 cm³/mol. The third-order valence-electron chi connectivity index (χ3n) is 3.64. The van der Waals surface area contributed by atoms with Crippen molar-refractivity contribution in [2.75, 3.05) is 19.7 Å². The van der Waals surface area contributed by atoms with E-state index in [1.807, 2.05) is 66.4 Å². The minimum atomic E-state index is 0.0315. The highest BCUT2D eigenvalue weighted by Gasteiger charge is 2.14. The molecule has 0 atom stereocenters. The molecule has 1 amide bonds. The van der Waals surface area contributed by atoms with Crippen LogP contribution in [-0.4, -0.2) is 30.5 Å². The summed E-state index contributed by atoms with van der Waals surface area (Å²) in [4.78, 5) is 14.2. The number of hydrogen-bond donors (Lipinski definition) is 0. The number of carbonyl (C=O) groups excluding carboxylic acids is 1. The fourth-order valence-electron chi connectivity index (χ4n) is 2.53. The second-order valence-corrected chi connectivity index (χ2v) is 5.98. The van der Waals surface area contributed by atoms with Crippen LogP contribution < -0.4 is 4.74 Å². The SMILES string of the molecule is CCN(CC(C)C)C(=O)COc1ccccc1-c1ccccc1. The molecule has 0 fully saturated rings. The average molecular weight is 311 g/mol. The van der Waals surface area contributed by atoms with Crippen LogP contribution in [0.25, 0.3) is 11.1 Å². The number of amides is 1. The van der Waals surface area contributed by atoms with Crippen LogP contribution >= 0.6 is 0 Å². The summed E-state index contributed by atoms with van der Waals surface area (Å²) in [6.45, 7) is 7.77. The Morgan fingerprint density at radius 3 is 2.35 bits per heavy atom. The molecule has 0 bridgehead atoms. The van der Waals surface area contributed by atoms with Crippen molar-refractivity contribution in [2.24, 2.45) is 5.92 Å². The van der Waals surface area contributed by atoms with Gasteiger partial charge < -0.3 is 9.64 Å². The van der Waals surface area contributed by atoms with Crippen molar-refractivity contribution in [3.8, 4) is 16.9 Å². The summed E-state index contributed by atoms with van der Waals surface area (Å²) >= 11 is 0. The van der Waals surface area contributed by atoms with E-state index in [1.54, 1.807) is 0 Å². The first-order valence-corrected chi connectivity index (χ1v) is 8.16. The summed E-state index contributed by atoms with van der Waals surface area (Å²) in [7, 11) is 0. The minimum absolute atomic E-state index is 0.0315. The maximum absolute atomic E-state index is 12.3. The van der Waals surface area contributed by atoms with Crippen LogP contribution in [0.5, 0.6) is 5.75 Å². The lowest BCUT2D eigenvalue weighted by atomic mass is 10.1. The van der Waals surface area contributed by atoms with Crippen LogP contribution in [0.15, 0.2) is 54.6 Å². The molecule has 0 aliphatic heterocycles. The number of ether oxygens (including phenoxy) is 1. The zero-order valence-corrected chi connectivity index (χ0v) is 14.2. The summed E-state index contributed by atoms with van der Waals surface area (Å²) < 4.78 is 5.83. The van der Waals surface area contributed by atoms with E-state index in [1.165, 1.54) is 0 Å². The quantitative estimate of drug-likeness (QED) is 0.765. The molecule has 23 heavy (non-hydrogen) atoms. The maximum Gasteiger partial charge on any atom is 0.260 e. The molecule has 0 spiro atoms. The van der Waals surface area contributed by atoms with Gasteiger partial charge in [-0.3, -0.25) is 4.79 Å². The van der Waals surface area contributed by atoms with E-state index < -0.39 is 0 Å². The second-order valence-electron chi connectivity index (χ2n) is 5.98. The fraction of sp³-hybridized carbons (Fsp3) is 0.350. The van der Waals surface area contributed by atoms with Crippen LogP contribution in [0.4, 0.5) is 0 Å². The third-order valence-corrected chi connectivity index (χ3v) is 3.64. The van der Waals surface area contributed by atoms with Gasteiger partial charge in [0.15, 0.2) is 6.61 Å². The molecular weight excluding hydrogens is 286 g/mol. The summed E-state index contributed by atoms with van der Waals surface area (Å²) in [6, 6.07) is 17.9. The van der Waals surface area contributed by atoms with Gasteiger partial charge in [-0.1, -0.05) is 62.4 Å². The minimum Gasteiger partial charge on any atom is -0.483 e. The summed E-state index contributed by atoms with van der Waals surface area (Å²) in [5.74, 6) is 1.23. The predicted octanol–water partition coefficient (Wildman–Crippen LogP) is 4.24. The molecule has 0 saturated carbocycles. The number of hydrogen-bond acceptors (Lipinski definition) is 2. The first-order chi connectivity index (χ1) is 11.1. The van der Waals surface area contributed by atoms with Crippen LogP contribution in [0, 0.1) is 5.92 Å². The standard InChI is InChI=1S/C20H25NO2/c1-4-21(14-16(2)3)20(22)15-23-19-13-9-8-12-18(19)17-10-6-5-7-11-17/h5-13,16H,4,14-15H2,1-3H3. The van der Waals surface area contributed by atoms with Gasteiger partial charge in [0, 0.05) is 18.7 Å². The van der Waals surface area contributed by atoms with Gasteiger partial charge in [0.1, 0.15) is 5.75 Å². The van der Waals surface area contributed by atoms with Gasteiger partial charge in [0.25, 0.3) is 5.91 Å². The number of para-hydroxylation sites is 1. The first kappa shape index (κ1) is 17.1. The van der Waals surface area contributed by atoms with Crippen molar-refractivity contribution in [3.63, 3.8) is 0 Å². The van der Waals surface area contributed by atoms with Crippen molar-refractivity contribution in [2.45, 2.75) is 20.8 Å². The topological polar surface area (TPSA) is 29.5 Å². The third kappa shape index (κ3) is 4.85. The first-order valence-electron chi connectivity index (χ1n) is 8.16. The molecule has 0 heterocycles. The Balaban J connectivity index is 2.08. The molecule has 0 unspecified atom stereocenters. The molecular formula is C20H25NO2. The average Bonchev–Trinajstić information content (AvgIpc) is 2.58. The smallest absolute Gasteiger partial charge is 0.260 e. The highest BCUT2D eigenvalue weighted by Crippen LogP contribution is 2.29. The Bertz CT molecular complexity index is 623. The summed E-state index contributed by atoms with van der Waals surface area (Å²) in [6.07, 6.45) is 0. The lowest BCUT2D eigenvalue weighted by Crippen LogP contribution is -2.37. The Kier molecular flexibility index (Phi) is 6.21. The maximum atomic E-state index is 12.3. The summed E-state index contributed by atoms with van der Waals surface area (Å²) in [5, 5.41) is 0. The van der Waals surface area contributed by atoms with E-state index in [9.17, 15) is 4.79 Å². The summed E-state index contributed by atoms with van der Waals surface area (Å²) in [5.41, 5.74) is 2.10. The van der Waals surface area contributed by atoms with Crippen LogP contribution in [0.2, 0.25) is 0 Å². The molecule has 2 aromatic carbocycles. The number of rotatable bonds is 7. The van der Waals surface area contributed by atoms with Gasteiger partial charge in [-0.05, 0) is 24.5 Å². The van der Waals surface area contributed by atoms with Crippen molar-refractivity contribution >= 4 is 5.91 Å². The molecule has 2 aromatic rings. The van der Waals surface area contributed by atoms with Gasteiger partial charge in [-0.15, -0.1) is 0 Å². The number of carbonyl (C=O) groups is 1. The molecule has 0 radical (unpaired) electrons. The molecule has 0 N–H and O–H groups in total. The number of likely N-dealkylation sites (N-methyl/N-ethyl adjacent to an activating group) is 1. The molecule has 2 rings (SSSR count). The monoisotopic (exact) mass is 311 g/mol. The Hall–Kier alpha value is -2.29. The van der Waals surface area contributed by atoms with Crippen molar-refractivity contribution < 1.29 is 9.53 Å². The van der Waals surface area contributed by atoms with Gasteiger partial charge >= 0.3 is 0 Å². The van der Waals surface area contributed by atoms with Gasteiger partial charge in [0.2, 0.25) is 0 Å². The molecule has 0 aromatic heterocycles. The molecule has 3 heteroatoms. The second kappa shape index (κ2) is 8.37. The highest BCUT2D eigenvalue weighted by atomic mass is 16.5. The van der Waals surface area contributed by atoms with Crippen LogP contribution in [-0.2, 0) is 4.79 Å². The van der Waals surface area contributed by atoms with Crippen molar-refractivity contribution in [3.05, 3.63) is 54.6 Å². The highest BCUT2D eigenvalue weighted by molar-refractivity contribution is 5.78. The molecule has 0 aliphatic rings. The van der Waals surface area contributed by atoms with Crippen LogP contribution in [0.3, 0.4) is 0 Å². The van der Waals surface area contributed by atoms with E-state index in [4.69, 9.17) is 4.74 Å². The Labute approximate surface area is 138 Å². The Morgan fingerprint density at radius 2 is 1.70 bits per heavy atom. The normalized spacial score (nSPS) is 10.6. The van der Waals surface area contributed by atoms with E-state index in [2.05, 4.69) is 13.8 Å². The lowest BCUT2D eigenvalue weighted by molar-refractivity contribution is -0.133. The van der Waals surface area contributed by atoms with Crippen molar-refractivity contribution in [1.82, 2.24) is 4.90 Å². The zero-order valence-electron chi connectivity index (χ0n) is 14.2. The van der Waals surface area contributed by atoms with Crippen LogP contribution in [0.1, 0.15) is 20.8 Å². The largest absolute Gasteiger partial charge is 0.483 e. The fourth-order valence-corrected chi connectivity index (χ4v) is 2.53.